The molecule has 0 aliphatic carbocycles. The lowest BCUT2D eigenvalue weighted by Gasteiger charge is -2.10. The summed E-state index contributed by atoms with van der Waals surface area (Å²) >= 11 is 0.854. The van der Waals surface area contributed by atoms with Gasteiger partial charge in [0, 0.05) is 18.1 Å². The predicted octanol–water partition coefficient (Wildman–Crippen LogP) is 3.28. The van der Waals surface area contributed by atoms with Gasteiger partial charge in [-0.15, -0.1) is 0 Å². The predicted molar refractivity (Wildman–Crippen MR) is 94.3 cm³/mol. The summed E-state index contributed by atoms with van der Waals surface area (Å²) in [4.78, 5) is 28.3. The summed E-state index contributed by atoms with van der Waals surface area (Å²) in [6.07, 6.45) is 0. The Hall–Kier alpha value is -2.94. The molecule has 9 heteroatoms. The minimum absolute atomic E-state index is 0.0315. The number of aromatic amines is 1. The number of H-pyrrole nitrogens is 1. The van der Waals surface area contributed by atoms with E-state index in [0.29, 0.717) is 5.56 Å². The van der Waals surface area contributed by atoms with Crippen molar-refractivity contribution in [1.29, 1.82) is 0 Å². The summed E-state index contributed by atoms with van der Waals surface area (Å²) in [6.45, 7) is 0.796. The average Bonchev–Trinajstić information content (AvgIpc) is 2.94. The molecule has 0 aliphatic rings. The molecule has 0 saturated heterocycles. The van der Waals surface area contributed by atoms with Crippen molar-refractivity contribution in [3.05, 3.63) is 86.3 Å². The van der Waals surface area contributed by atoms with Gasteiger partial charge in [0.1, 0.15) is 5.82 Å². The summed E-state index contributed by atoms with van der Waals surface area (Å²) < 4.78 is 43.5. The van der Waals surface area contributed by atoms with Crippen molar-refractivity contribution in [2.45, 2.75) is 19.4 Å². The van der Waals surface area contributed by atoms with E-state index in [0.717, 1.165) is 30.6 Å². The third-order valence-electron chi connectivity index (χ3n) is 3.77. The number of aromatic nitrogens is 2. The number of nitrogens with one attached hydrogen (secondary N) is 1. The van der Waals surface area contributed by atoms with Crippen LogP contribution in [0.15, 0.2) is 58.3 Å². The summed E-state index contributed by atoms with van der Waals surface area (Å²) in [7, 11) is 0. The second-order valence-corrected chi connectivity index (χ2v) is 6.66. The van der Waals surface area contributed by atoms with Crippen LogP contribution in [0.5, 0.6) is 0 Å². The molecule has 0 bridgehead atoms. The maximum Gasteiger partial charge on any atom is 0.337 e. The number of benzene rings is 2. The molecule has 0 unspecified atom stereocenters. The SMILES string of the molecule is CC(F)(F)c1ccc(C(=O)/N=c2\s[nH]c(=O)n2Cc2cccc(F)c2)cc1. The van der Waals surface area contributed by atoms with Gasteiger partial charge in [0.15, 0.2) is 0 Å². The molecule has 0 atom stereocenters. The normalized spacial score (nSPS) is 12.4. The fraction of sp³-hybridized carbons (Fsp3) is 0.167. The van der Waals surface area contributed by atoms with Crippen molar-refractivity contribution < 1.29 is 18.0 Å². The molecule has 3 aromatic rings. The second kappa shape index (κ2) is 7.36. The van der Waals surface area contributed by atoms with E-state index in [2.05, 4.69) is 9.37 Å². The van der Waals surface area contributed by atoms with E-state index in [1.54, 1.807) is 6.07 Å². The highest BCUT2D eigenvalue weighted by molar-refractivity contribution is 7.02. The first kappa shape index (κ1) is 18.8. The third-order valence-corrected chi connectivity index (χ3v) is 4.54. The molecule has 0 fully saturated rings. The molecule has 140 valence electrons. The average molecular weight is 393 g/mol. The zero-order valence-electron chi connectivity index (χ0n) is 14.1. The third kappa shape index (κ3) is 4.43. The highest BCUT2D eigenvalue weighted by Gasteiger charge is 2.24. The molecular weight excluding hydrogens is 379 g/mol. The van der Waals surface area contributed by atoms with Crippen LogP contribution in [0.2, 0.25) is 0 Å². The molecule has 5 nitrogen and oxygen atoms in total. The van der Waals surface area contributed by atoms with Gasteiger partial charge in [0.2, 0.25) is 4.80 Å². The first-order chi connectivity index (χ1) is 12.7. The number of halogens is 3. The maximum atomic E-state index is 13.3. The van der Waals surface area contributed by atoms with Gasteiger partial charge >= 0.3 is 5.69 Å². The van der Waals surface area contributed by atoms with Crippen LogP contribution < -0.4 is 10.5 Å². The number of nitrogens with zero attached hydrogens (tertiary/aromatic N) is 2. The lowest BCUT2D eigenvalue weighted by Crippen LogP contribution is -2.28. The lowest BCUT2D eigenvalue weighted by molar-refractivity contribution is 0.0174. The van der Waals surface area contributed by atoms with Crippen LogP contribution in [-0.4, -0.2) is 14.8 Å². The first-order valence-electron chi connectivity index (χ1n) is 7.84. The zero-order chi connectivity index (χ0) is 19.6. The highest BCUT2D eigenvalue weighted by Crippen LogP contribution is 2.26. The van der Waals surface area contributed by atoms with Crippen molar-refractivity contribution in [2.24, 2.45) is 4.99 Å². The minimum atomic E-state index is -3.01. The summed E-state index contributed by atoms with van der Waals surface area (Å²) in [5.41, 5.74) is -0.0632. The van der Waals surface area contributed by atoms with Gasteiger partial charge in [-0.3, -0.25) is 13.7 Å². The molecule has 0 aliphatic heterocycles. The topological polar surface area (TPSA) is 67.2 Å². The van der Waals surface area contributed by atoms with Crippen LogP contribution >= 0.6 is 11.5 Å². The van der Waals surface area contributed by atoms with E-state index in [-0.39, 0.29) is 22.5 Å². The first-order valence-corrected chi connectivity index (χ1v) is 8.66. The number of amides is 1. The van der Waals surface area contributed by atoms with Crippen LogP contribution in [0.3, 0.4) is 0 Å². The number of hydrogen-bond donors (Lipinski definition) is 1. The van der Waals surface area contributed by atoms with Gasteiger partial charge in [-0.05, 0) is 41.4 Å². The molecule has 1 heterocycles. The minimum Gasteiger partial charge on any atom is -0.267 e. The number of rotatable bonds is 4. The Morgan fingerprint density at radius 2 is 1.93 bits per heavy atom. The van der Waals surface area contributed by atoms with E-state index in [1.807, 2.05) is 0 Å². The number of carbonyl (C=O) groups is 1. The maximum absolute atomic E-state index is 13.3. The molecule has 0 saturated carbocycles. The van der Waals surface area contributed by atoms with Crippen LogP contribution in [0.25, 0.3) is 0 Å². The zero-order valence-corrected chi connectivity index (χ0v) is 14.9. The van der Waals surface area contributed by atoms with Gasteiger partial charge in [-0.25, -0.2) is 18.0 Å². The molecule has 27 heavy (non-hydrogen) atoms. The number of alkyl halides is 2. The Balaban J connectivity index is 1.91. The lowest BCUT2D eigenvalue weighted by atomic mass is 10.1. The summed E-state index contributed by atoms with van der Waals surface area (Å²) in [5, 5.41) is 0. The largest absolute Gasteiger partial charge is 0.337 e. The van der Waals surface area contributed by atoms with E-state index in [1.165, 1.54) is 34.9 Å². The second-order valence-electron chi connectivity index (χ2n) is 5.89. The van der Waals surface area contributed by atoms with E-state index in [4.69, 9.17) is 0 Å². The quantitative estimate of drug-likeness (QED) is 0.739. The molecule has 1 N–H and O–H groups in total. The van der Waals surface area contributed by atoms with Crippen molar-refractivity contribution >= 4 is 17.4 Å². The van der Waals surface area contributed by atoms with Gasteiger partial charge in [-0.1, -0.05) is 24.3 Å². The van der Waals surface area contributed by atoms with Crippen LogP contribution in [-0.2, 0) is 12.5 Å². The van der Waals surface area contributed by atoms with Gasteiger partial charge < -0.3 is 0 Å². The van der Waals surface area contributed by atoms with Gasteiger partial charge in [-0.2, -0.15) is 4.99 Å². The molecule has 2 aromatic carbocycles. The van der Waals surface area contributed by atoms with Gasteiger partial charge in [0.05, 0.1) is 6.54 Å². The van der Waals surface area contributed by atoms with Crippen LogP contribution in [0, 0.1) is 5.82 Å². The number of carbonyl (C=O) groups excluding carboxylic acids is 1. The fourth-order valence-corrected chi connectivity index (χ4v) is 3.06. The Morgan fingerprint density at radius 1 is 1.22 bits per heavy atom. The Morgan fingerprint density at radius 3 is 2.56 bits per heavy atom. The number of hydrogen-bond acceptors (Lipinski definition) is 3. The van der Waals surface area contributed by atoms with Gasteiger partial charge in [0.25, 0.3) is 11.8 Å². The molecule has 1 aromatic heterocycles. The molecular formula is C18H14F3N3O2S. The molecule has 0 radical (unpaired) electrons. The summed E-state index contributed by atoms with van der Waals surface area (Å²) in [5.74, 6) is -4.13. The van der Waals surface area contributed by atoms with E-state index < -0.39 is 23.3 Å². The van der Waals surface area contributed by atoms with Crippen LogP contribution in [0.1, 0.15) is 28.4 Å². The van der Waals surface area contributed by atoms with Crippen molar-refractivity contribution in [2.75, 3.05) is 0 Å². The highest BCUT2D eigenvalue weighted by atomic mass is 32.1. The fourth-order valence-electron chi connectivity index (χ4n) is 2.38. The molecule has 1 amide bonds. The standard InChI is InChI=1S/C18H14F3N3O2S/c1-18(20,21)13-7-5-12(6-8-13)15(25)22-17-24(16(26)23-27-17)10-11-3-2-4-14(19)9-11/h2-9H,10H2,1H3,(H,23,26)/b22-17-. The van der Waals surface area contributed by atoms with E-state index >= 15 is 0 Å². The molecule has 0 spiro atoms. The van der Waals surface area contributed by atoms with E-state index in [9.17, 15) is 22.8 Å². The molecule has 3 rings (SSSR count). The Kier molecular flexibility index (Phi) is 5.13. The monoisotopic (exact) mass is 393 g/mol. The van der Waals surface area contributed by atoms with Crippen molar-refractivity contribution in [3.8, 4) is 0 Å². The Bertz CT molecular complexity index is 1090. The summed E-state index contributed by atoms with van der Waals surface area (Å²) in [6, 6.07) is 10.5. The smallest absolute Gasteiger partial charge is 0.267 e. The Labute approximate surface area is 155 Å². The van der Waals surface area contributed by atoms with Crippen molar-refractivity contribution in [3.63, 3.8) is 0 Å². The van der Waals surface area contributed by atoms with Crippen molar-refractivity contribution in [1.82, 2.24) is 8.94 Å². The van der Waals surface area contributed by atoms with Crippen LogP contribution in [0.4, 0.5) is 13.2 Å².